The van der Waals surface area contributed by atoms with Gasteiger partial charge in [-0.25, -0.2) is 0 Å². The quantitative estimate of drug-likeness (QED) is 0.283. The fourth-order valence-electron chi connectivity index (χ4n) is 1.15. The molecule has 0 saturated heterocycles. The van der Waals surface area contributed by atoms with Crippen LogP contribution in [0.2, 0.25) is 0 Å². The first-order valence-electron chi connectivity index (χ1n) is 4.60. The lowest BCUT2D eigenvalue weighted by molar-refractivity contribution is -0.464. The molecule has 0 unspecified atom stereocenters. The van der Waals surface area contributed by atoms with Gasteiger partial charge in [0, 0.05) is 11.6 Å². The van der Waals surface area contributed by atoms with Crippen molar-refractivity contribution in [2.75, 3.05) is 7.11 Å². The molecule has 0 spiro atoms. The highest BCUT2D eigenvalue weighted by atomic mass is 16.5. The predicted molar refractivity (Wildman–Crippen MR) is 61.2 cm³/mol. The van der Waals surface area contributed by atoms with Crippen LogP contribution < -0.4 is 21.3 Å². The van der Waals surface area contributed by atoms with Gasteiger partial charge in [-0.05, 0) is 19.1 Å². The molecule has 0 radical (unpaired) electrons. The number of hydrazone groups is 1. The highest BCUT2D eigenvalue weighted by Crippen LogP contribution is 2.23. The topological polar surface area (TPSA) is 108 Å². The fraction of sp³-hybridized carbons (Fsp3) is 0.200. The summed E-state index contributed by atoms with van der Waals surface area (Å²) in [5, 5.41) is 16.0. The first-order valence-corrected chi connectivity index (χ1v) is 4.60. The average molecular weight is 223 g/mol. The van der Waals surface area contributed by atoms with Gasteiger partial charge in [-0.15, -0.1) is 5.10 Å². The maximum absolute atomic E-state index is 9.70. The fourth-order valence-corrected chi connectivity index (χ4v) is 1.15. The lowest BCUT2D eigenvalue weighted by Crippen LogP contribution is -2.72. The van der Waals surface area contributed by atoms with E-state index in [-0.39, 0.29) is 11.7 Å². The first-order chi connectivity index (χ1) is 7.54. The maximum Gasteiger partial charge on any atom is 0.362 e. The number of aromatic hydroxyl groups is 1. The molecule has 0 fully saturated rings. The Labute approximate surface area is 93.2 Å². The number of hydrogen-bond donors (Lipinski definition) is 4. The predicted octanol–water partition coefficient (Wildman–Crippen LogP) is -1.52. The molecular weight excluding hydrogens is 208 g/mol. The van der Waals surface area contributed by atoms with E-state index in [2.05, 4.69) is 10.2 Å². The Balaban J connectivity index is 3.05. The normalized spacial score (nSPS) is 11.0. The van der Waals surface area contributed by atoms with E-state index in [1.807, 2.05) is 0 Å². The molecule has 0 aliphatic heterocycles. The van der Waals surface area contributed by atoms with Crippen LogP contribution in [0, 0.1) is 0 Å². The molecule has 0 aliphatic rings. The Hall–Kier alpha value is -2.24. The van der Waals surface area contributed by atoms with E-state index in [0.717, 1.165) is 0 Å². The zero-order valence-electron chi connectivity index (χ0n) is 9.19. The van der Waals surface area contributed by atoms with Crippen molar-refractivity contribution < 1.29 is 14.9 Å². The van der Waals surface area contributed by atoms with Crippen LogP contribution in [0.4, 0.5) is 0 Å². The Morgan fingerprint density at radius 1 is 1.44 bits per heavy atom. The van der Waals surface area contributed by atoms with E-state index in [1.54, 1.807) is 19.1 Å². The standard InChI is InChI=1S/C10H14N4O2/c1-6(13-14-10(11)12)8-4-3-7(16-2)5-9(8)15/h3-5,15H,1-2H3,(H4,11,12,14)/p+1/b13-6+. The Bertz CT molecular complexity index is 436. The lowest BCUT2D eigenvalue weighted by Gasteiger charge is -2.04. The van der Waals surface area contributed by atoms with Crippen LogP contribution in [0.15, 0.2) is 23.3 Å². The summed E-state index contributed by atoms with van der Waals surface area (Å²) in [6, 6.07) is 4.93. The number of guanidine groups is 1. The maximum atomic E-state index is 9.70. The van der Waals surface area contributed by atoms with Crippen molar-refractivity contribution in [3.63, 3.8) is 0 Å². The van der Waals surface area contributed by atoms with Gasteiger partial charge in [0.25, 0.3) is 0 Å². The largest absolute Gasteiger partial charge is 0.507 e. The smallest absolute Gasteiger partial charge is 0.362 e. The van der Waals surface area contributed by atoms with Gasteiger partial charge < -0.3 is 9.84 Å². The second-order valence-corrected chi connectivity index (χ2v) is 3.15. The number of phenols is 1. The molecule has 6 nitrogen and oxygen atoms in total. The summed E-state index contributed by atoms with van der Waals surface area (Å²) in [6.45, 7) is 1.72. The Morgan fingerprint density at radius 3 is 2.62 bits per heavy atom. The summed E-state index contributed by atoms with van der Waals surface area (Å²) in [7, 11) is 1.53. The monoisotopic (exact) mass is 223 g/mol. The van der Waals surface area contributed by atoms with E-state index >= 15 is 0 Å². The van der Waals surface area contributed by atoms with Gasteiger partial charge in [-0.3, -0.25) is 11.5 Å². The molecule has 0 saturated carbocycles. The van der Waals surface area contributed by atoms with E-state index in [4.69, 9.17) is 16.2 Å². The van der Waals surface area contributed by atoms with Crippen molar-refractivity contribution in [1.29, 1.82) is 0 Å². The molecule has 0 bridgehead atoms. The van der Waals surface area contributed by atoms with Gasteiger partial charge in [0.2, 0.25) is 0 Å². The van der Waals surface area contributed by atoms with E-state index in [0.29, 0.717) is 17.0 Å². The molecule has 1 aromatic carbocycles. The van der Waals surface area contributed by atoms with Gasteiger partial charge in [0.15, 0.2) is 0 Å². The molecule has 1 rings (SSSR count). The van der Waals surface area contributed by atoms with Crippen LogP contribution in [0.1, 0.15) is 12.5 Å². The molecule has 0 atom stereocenters. The first kappa shape index (κ1) is 11.8. The molecule has 6 heteroatoms. The SMILES string of the molecule is COc1ccc(/C(C)=N/[NH+]=C(N)N)c(O)c1. The number of nitrogens with one attached hydrogen (secondary N) is 1. The van der Waals surface area contributed by atoms with Crippen LogP contribution in [0.5, 0.6) is 11.5 Å². The Kier molecular flexibility index (Phi) is 3.71. The average Bonchev–Trinajstić information content (AvgIpc) is 2.25. The molecule has 6 N–H and O–H groups in total. The molecular formula is C10H15N4O2+. The van der Waals surface area contributed by atoms with Gasteiger partial charge in [-0.2, -0.15) is 5.10 Å². The highest BCUT2D eigenvalue weighted by molar-refractivity contribution is 6.00. The van der Waals surface area contributed by atoms with Gasteiger partial charge in [-0.1, -0.05) is 0 Å². The van der Waals surface area contributed by atoms with Crippen molar-refractivity contribution in [2.45, 2.75) is 6.92 Å². The zero-order chi connectivity index (χ0) is 12.1. The van der Waals surface area contributed by atoms with E-state index in [1.165, 1.54) is 13.2 Å². The summed E-state index contributed by atoms with van der Waals surface area (Å²) < 4.78 is 4.97. The van der Waals surface area contributed by atoms with Crippen molar-refractivity contribution in [3.8, 4) is 11.5 Å². The van der Waals surface area contributed by atoms with Crippen molar-refractivity contribution in [2.24, 2.45) is 16.6 Å². The van der Waals surface area contributed by atoms with Crippen molar-refractivity contribution >= 4 is 11.7 Å². The van der Waals surface area contributed by atoms with Crippen LogP contribution in [0.3, 0.4) is 0 Å². The summed E-state index contributed by atoms with van der Waals surface area (Å²) in [4.78, 5) is 0. The van der Waals surface area contributed by atoms with Crippen molar-refractivity contribution in [3.05, 3.63) is 23.8 Å². The minimum atomic E-state index is -0.00708. The third kappa shape index (κ3) is 2.88. The van der Waals surface area contributed by atoms with Gasteiger partial charge in [0.05, 0.1) is 12.8 Å². The third-order valence-electron chi connectivity index (χ3n) is 1.95. The second kappa shape index (κ2) is 5.01. The molecule has 0 aliphatic carbocycles. The number of phenolic OH excluding ortho intramolecular Hbond substituents is 1. The molecule has 1 aromatic rings. The molecule has 0 heterocycles. The summed E-state index contributed by atoms with van der Waals surface area (Å²) in [6.07, 6.45) is 0. The molecule has 16 heavy (non-hydrogen) atoms. The minimum absolute atomic E-state index is 0.00708. The Morgan fingerprint density at radius 2 is 2.12 bits per heavy atom. The number of methoxy groups -OCH3 is 1. The van der Waals surface area contributed by atoms with Crippen LogP contribution in [0.25, 0.3) is 0 Å². The lowest BCUT2D eigenvalue weighted by atomic mass is 10.1. The van der Waals surface area contributed by atoms with E-state index in [9.17, 15) is 5.11 Å². The second-order valence-electron chi connectivity index (χ2n) is 3.15. The van der Waals surface area contributed by atoms with Gasteiger partial charge in [0.1, 0.15) is 11.5 Å². The highest BCUT2D eigenvalue weighted by Gasteiger charge is 2.06. The number of rotatable bonds is 3. The summed E-state index contributed by atoms with van der Waals surface area (Å²) in [5.74, 6) is 0.650. The summed E-state index contributed by atoms with van der Waals surface area (Å²) >= 11 is 0. The van der Waals surface area contributed by atoms with Crippen LogP contribution in [-0.4, -0.2) is 23.9 Å². The number of hydrogen-bond acceptors (Lipinski definition) is 3. The third-order valence-corrected chi connectivity index (χ3v) is 1.95. The molecule has 0 aromatic heterocycles. The van der Waals surface area contributed by atoms with Crippen LogP contribution in [-0.2, 0) is 0 Å². The van der Waals surface area contributed by atoms with Crippen molar-refractivity contribution in [1.82, 2.24) is 0 Å². The minimum Gasteiger partial charge on any atom is -0.507 e. The molecule has 0 amide bonds. The zero-order valence-corrected chi connectivity index (χ0v) is 9.19. The number of ether oxygens (including phenoxy) is 1. The number of benzene rings is 1. The van der Waals surface area contributed by atoms with Gasteiger partial charge >= 0.3 is 5.96 Å². The van der Waals surface area contributed by atoms with Crippen LogP contribution >= 0.6 is 0 Å². The molecule has 86 valence electrons. The summed E-state index contributed by atoms with van der Waals surface area (Å²) in [5.41, 5.74) is 11.5. The number of nitrogens with two attached hydrogens (primary N) is 2. The number of nitrogens with zero attached hydrogens (tertiary/aromatic N) is 1. The van der Waals surface area contributed by atoms with E-state index < -0.39 is 0 Å².